The summed E-state index contributed by atoms with van der Waals surface area (Å²) in [6, 6.07) is 0. The predicted molar refractivity (Wildman–Crippen MR) is 74.0 cm³/mol. The molecule has 2 heterocycles. The van der Waals surface area contributed by atoms with E-state index in [0.717, 1.165) is 22.8 Å². The summed E-state index contributed by atoms with van der Waals surface area (Å²) >= 11 is 0. The lowest BCUT2D eigenvalue weighted by molar-refractivity contribution is -0.0626. The van der Waals surface area contributed by atoms with Crippen molar-refractivity contribution in [3.8, 4) is 0 Å². The highest BCUT2D eigenvalue weighted by Crippen LogP contribution is 2.39. The fourth-order valence-corrected chi connectivity index (χ4v) is 2.37. The van der Waals surface area contributed by atoms with E-state index >= 15 is 0 Å². The van der Waals surface area contributed by atoms with E-state index in [-0.39, 0.29) is 17.9 Å². The van der Waals surface area contributed by atoms with E-state index in [4.69, 9.17) is 9.72 Å². The van der Waals surface area contributed by atoms with Crippen LogP contribution in [0.2, 0.25) is 0 Å². The van der Waals surface area contributed by atoms with Crippen LogP contribution in [0.1, 0.15) is 70.2 Å². The molecule has 0 fully saturated rings. The molecule has 1 unspecified atom stereocenters. The lowest BCUT2D eigenvalue weighted by atomic mass is 9.86. The van der Waals surface area contributed by atoms with Gasteiger partial charge in [0.05, 0.1) is 24.6 Å². The standard InChI is InChI=1S/C15H24N2O2/c1-9(2)13-16-11(14(3,4)5)10-7-19-15(6,8-18)12(10)17-13/h9,18H,7-8H2,1-6H3. The van der Waals surface area contributed by atoms with Crippen LogP contribution in [0.25, 0.3) is 0 Å². The van der Waals surface area contributed by atoms with Gasteiger partial charge in [-0.15, -0.1) is 0 Å². The van der Waals surface area contributed by atoms with Crippen molar-refractivity contribution in [1.82, 2.24) is 9.97 Å². The Labute approximate surface area is 115 Å². The molecule has 1 N–H and O–H groups in total. The third-order valence-corrected chi connectivity index (χ3v) is 3.59. The number of nitrogens with zero attached hydrogens (tertiary/aromatic N) is 2. The molecule has 0 spiro atoms. The molecule has 0 bridgehead atoms. The molecule has 0 saturated carbocycles. The first-order valence-corrected chi connectivity index (χ1v) is 6.85. The first kappa shape index (κ1) is 14.4. The Hall–Kier alpha value is -1.00. The monoisotopic (exact) mass is 264 g/mol. The molecule has 106 valence electrons. The van der Waals surface area contributed by atoms with E-state index in [1.807, 2.05) is 6.92 Å². The molecule has 4 nitrogen and oxygen atoms in total. The van der Waals surface area contributed by atoms with Gasteiger partial charge in [0, 0.05) is 16.9 Å². The molecule has 0 amide bonds. The minimum absolute atomic E-state index is 0.0548. The maximum Gasteiger partial charge on any atom is 0.131 e. The number of rotatable bonds is 2. The number of hydrogen-bond acceptors (Lipinski definition) is 4. The van der Waals surface area contributed by atoms with Gasteiger partial charge in [0.1, 0.15) is 11.4 Å². The summed E-state index contributed by atoms with van der Waals surface area (Å²) in [6.07, 6.45) is 0. The van der Waals surface area contributed by atoms with Crippen LogP contribution < -0.4 is 0 Å². The fraction of sp³-hybridized carbons (Fsp3) is 0.733. The maximum atomic E-state index is 9.61. The van der Waals surface area contributed by atoms with Gasteiger partial charge in [0.25, 0.3) is 0 Å². The second kappa shape index (κ2) is 4.53. The smallest absolute Gasteiger partial charge is 0.131 e. The van der Waals surface area contributed by atoms with Crippen LogP contribution in [-0.2, 0) is 22.4 Å². The third kappa shape index (κ3) is 2.39. The molecule has 0 aliphatic carbocycles. The summed E-state index contributed by atoms with van der Waals surface area (Å²) in [5.41, 5.74) is 2.20. The molecule has 0 saturated heterocycles. The molecule has 0 aromatic carbocycles. The lowest BCUT2D eigenvalue weighted by Crippen LogP contribution is -2.28. The van der Waals surface area contributed by atoms with E-state index in [1.54, 1.807) is 0 Å². The Morgan fingerprint density at radius 2 is 1.95 bits per heavy atom. The molecule has 1 aromatic rings. The molecule has 4 heteroatoms. The van der Waals surface area contributed by atoms with Gasteiger partial charge in [0.15, 0.2) is 0 Å². The highest BCUT2D eigenvalue weighted by molar-refractivity contribution is 5.37. The second-order valence-electron chi connectivity index (χ2n) is 6.84. The zero-order valence-corrected chi connectivity index (χ0v) is 12.7. The Balaban J connectivity index is 2.68. The van der Waals surface area contributed by atoms with E-state index in [1.165, 1.54) is 0 Å². The molecule has 1 aliphatic heterocycles. The van der Waals surface area contributed by atoms with Crippen LogP contribution >= 0.6 is 0 Å². The van der Waals surface area contributed by atoms with Gasteiger partial charge in [-0.1, -0.05) is 34.6 Å². The Morgan fingerprint density at radius 3 is 2.42 bits per heavy atom. The predicted octanol–water partition coefficient (Wildman–Crippen LogP) is 2.64. The van der Waals surface area contributed by atoms with Crippen LogP contribution in [0.4, 0.5) is 0 Å². The molecule has 1 aliphatic rings. The van der Waals surface area contributed by atoms with Gasteiger partial charge >= 0.3 is 0 Å². The second-order valence-corrected chi connectivity index (χ2v) is 6.84. The quantitative estimate of drug-likeness (QED) is 0.892. The van der Waals surface area contributed by atoms with Gasteiger partial charge in [0.2, 0.25) is 0 Å². The summed E-state index contributed by atoms with van der Waals surface area (Å²) in [7, 11) is 0. The fourth-order valence-electron chi connectivity index (χ4n) is 2.37. The van der Waals surface area contributed by atoms with Crippen LogP contribution in [0, 0.1) is 0 Å². The van der Waals surface area contributed by atoms with E-state index in [0.29, 0.717) is 6.61 Å². The first-order chi connectivity index (χ1) is 8.69. The number of aromatic nitrogens is 2. The molecule has 0 radical (unpaired) electrons. The van der Waals surface area contributed by atoms with Crippen LogP contribution in [0.15, 0.2) is 0 Å². The minimum Gasteiger partial charge on any atom is -0.393 e. The minimum atomic E-state index is -0.693. The Kier molecular flexibility index (Phi) is 3.43. The molecular formula is C15H24N2O2. The number of fused-ring (bicyclic) bond motifs is 1. The summed E-state index contributed by atoms with van der Waals surface area (Å²) in [5.74, 6) is 1.09. The number of aliphatic hydroxyl groups is 1. The molecule has 1 aromatic heterocycles. The van der Waals surface area contributed by atoms with E-state index in [9.17, 15) is 5.11 Å². The molecule has 19 heavy (non-hydrogen) atoms. The molecule has 1 atom stereocenters. The number of aliphatic hydroxyl groups excluding tert-OH is 1. The van der Waals surface area contributed by atoms with Crippen LogP contribution in [0.3, 0.4) is 0 Å². The van der Waals surface area contributed by atoms with Crippen molar-refractivity contribution in [3.05, 3.63) is 22.8 Å². The largest absolute Gasteiger partial charge is 0.393 e. The highest BCUT2D eigenvalue weighted by Gasteiger charge is 2.40. The van der Waals surface area contributed by atoms with Crippen molar-refractivity contribution in [2.24, 2.45) is 0 Å². The average Bonchev–Trinajstić information content (AvgIpc) is 2.66. The van der Waals surface area contributed by atoms with Gasteiger partial charge in [-0.25, -0.2) is 9.97 Å². The van der Waals surface area contributed by atoms with Crippen molar-refractivity contribution in [2.75, 3.05) is 6.61 Å². The van der Waals surface area contributed by atoms with Crippen molar-refractivity contribution in [3.63, 3.8) is 0 Å². The van der Waals surface area contributed by atoms with Crippen molar-refractivity contribution >= 4 is 0 Å². The average molecular weight is 264 g/mol. The zero-order valence-electron chi connectivity index (χ0n) is 12.7. The number of hydrogen-bond donors (Lipinski definition) is 1. The topological polar surface area (TPSA) is 55.2 Å². The number of ether oxygens (including phenoxy) is 1. The van der Waals surface area contributed by atoms with Gasteiger partial charge in [-0.2, -0.15) is 0 Å². The maximum absolute atomic E-state index is 9.61. The van der Waals surface area contributed by atoms with Crippen molar-refractivity contribution in [2.45, 2.75) is 65.1 Å². The Morgan fingerprint density at radius 1 is 1.32 bits per heavy atom. The van der Waals surface area contributed by atoms with Gasteiger partial charge in [-0.3, -0.25) is 0 Å². The summed E-state index contributed by atoms with van der Waals surface area (Å²) < 4.78 is 5.78. The van der Waals surface area contributed by atoms with E-state index in [2.05, 4.69) is 39.6 Å². The Bertz CT molecular complexity index is 492. The normalized spacial score (nSPS) is 22.9. The zero-order chi connectivity index (χ0) is 14.4. The molecule has 2 rings (SSSR count). The van der Waals surface area contributed by atoms with Crippen LogP contribution in [-0.4, -0.2) is 21.7 Å². The van der Waals surface area contributed by atoms with E-state index < -0.39 is 5.60 Å². The van der Waals surface area contributed by atoms with Crippen LogP contribution in [0.5, 0.6) is 0 Å². The SMILES string of the molecule is CC(C)c1nc(C(C)(C)C)c2c(n1)C(C)(CO)OC2. The first-order valence-electron chi connectivity index (χ1n) is 6.85. The summed E-state index contributed by atoms with van der Waals surface area (Å²) in [6.45, 7) is 12.9. The highest BCUT2D eigenvalue weighted by atomic mass is 16.5. The van der Waals surface area contributed by atoms with Crippen molar-refractivity contribution < 1.29 is 9.84 Å². The van der Waals surface area contributed by atoms with Crippen molar-refractivity contribution in [1.29, 1.82) is 0 Å². The third-order valence-electron chi connectivity index (χ3n) is 3.59. The summed E-state index contributed by atoms with van der Waals surface area (Å²) in [4.78, 5) is 9.40. The molecular weight excluding hydrogens is 240 g/mol. The van der Waals surface area contributed by atoms with Gasteiger partial charge < -0.3 is 9.84 Å². The lowest BCUT2D eigenvalue weighted by Gasteiger charge is -2.24. The van der Waals surface area contributed by atoms with Gasteiger partial charge in [-0.05, 0) is 6.92 Å². The summed E-state index contributed by atoms with van der Waals surface area (Å²) in [5, 5.41) is 9.61.